The van der Waals surface area contributed by atoms with Crippen molar-refractivity contribution in [3.05, 3.63) is 57.5 Å². The van der Waals surface area contributed by atoms with Gasteiger partial charge in [-0.05, 0) is 24.4 Å². The van der Waals surface area contributed by atoms with Crippen LogP contribution in [0.5, 0.6) is 0 Å². The summed E-state index contributed by atoms with van der Waals surface area (Å²) in [7, 11) is 3.59. The summed E-state index contributed by atoms with van der Waals surface area (Å²) < 4.78 is 3.35. The second-order valence-electron chi connectivity index (χ2n) is 6.23. The van der Waals surface area contributed by atoms with Gasteiger partial charge in [0, 0.05) is 25.2 Å². The normalized spacial score (nSPS) is 17.2. The molecule has 0 fully saturated rings. The molecule has 4 rings (SSSR count). The number of para-hydroxylation sites is 1. The third-order valence-electron chi connectivity index (χ3n) is 4.61. The van der Waals surface area contributed by atoms with Gasteiger partial charge in [0.05, 0.1) is 22.2 Å². The highest BCUT2D eigenvalue weighted by Crippen LogP contribution is 2.42. The van der Waals surface area contributed by atoms with E-state index >= 15 is 0 Å². The third kappa shape index (κ3) is 2.46. The van der Waals surface area contributed by atoms with E-state index in [-0.39, 0.29) is 16.7 Å². The van der Waals surface area contributed by atoms with Gasteiger partial charge in [-0.1, -0.05) is 18.2 Å². The van der Waals surface area contributed by atoms with Gasteiger partial charge in [-0.3, -0.25) is 14.3 Å². The van der Waals surface area contributed by atoms with Crippen molar-refractivity contribution < 1.29 is 4.79 Å². The van der Waals surface area contributed by atoms with Crippen molar-refractivity contribution in [3.63, 3.8) is 0 Å². The molecule has 25 heavy (non-hydrogen) atoms. The summed E-state index contributed by atoms with van der Waals surface area (Å²) in [4.78, 5) is 25.1. The Balaban J connectivity index is 1.99. The van der Waals surface area contributed by atoms with Gasteiger partial charge in [-0.2, -0.15) is 5.10 Å². The number of fused-ring (bicyclic) bond motifs is 2. The van der Waals surface area contributed by atoms with Crippen LogP contribution in [-0.2, 0) is 18.9 Å². The number of amides is 1. The van der Waals surface area contributed by atoms with Crippen LogP contribution >= 0.6 is 11.8 Å². The zero-order valence-electron chi connectivity index (χ0n) is 14.2. The maximum absolute atomic E-state index is 13.0. The predicted molar refractivity (Wildman–Crippen MR) is 100 cm³/mol. The summed E-state index contributed by atoms with van der Waals surface area (Å²) in [5.74, 6) is 0.900. The highest BCUT2D eigenvalue weighted by atomic mass is 32.2. The molecule has 7 heteroatoms. The van der Waals surface area contributed by atoms with Crippen LogP contribution in [0.1, 0.15) is 22.1 Å². The molecular weight excluding hydrogens is 336 g/mol. The molecule has 3 aromatic rings. The lowest BCUT2D eigenvalue weighted by Crippen LogP contribution is -2.23. The Bertz CT molecular complexity index is 1070. The van der Waals surface area contributed by atoms with E-state index in [0.29, 0.717) is 17.1 Å². The summed E-state index contributed by atoms with van der Waals surface area (Å²) in [6.07, 6.45) is 0. The van der Waals surface area contributed by atoms with Gasteiger partial charge >= 0.3 is 0 Å². The summed E-state index contributed by atoms with van der Waals surface area (Å²) in [5.41, 5.74) is 3.27. The lowest BCUT2D eigenvalue weighted by Gasteiger charge is -2.17. The molecule has 1 aliphatic heterocycles. The number of nitrogens with zero attached hydrogens (tertiary/aromatic N) is 3. The monoisotopic (exact) mass is 354 g/mol. The fourth-order valence-electron chi connectivity index (χ4n) is 3.43. The number of rotatable bonds is 1. The Morgan fingerprint density at radius 3 is 2.80 bits per heavy atom. The summed E-state index contributed by atoms with van der Waals surface area (Å²) in [6, 6.07) is 9.77. The summed E-state index contributed by atoms with van der Waals surface area (Å²) in [5, 5.41) is 8.13. The largest absolute Gasteiger partial charge is 0.311 e. The first kappa shape index (κ1) is 16.0. The minimum absolute atomic E-state index is 0.0419. The molecule has 0 spiro atoms. The van der Waals surface area contributed by atoms with Gasteiger partial charge in [0.1, 0.15) is 5.82 Å². The number of pyridine rings is 1. The van der Waals surface area contributed by atoms with E-state index in [1.54, 1.807) is 23.3 Å². The Hall–Kier alpha value is -2.54. The molecular formula is C18H18N4O2S. The Morgan fingerprint density at radius 1 is 1.24 bits per heavy atom. The topological polar surface area (TPSA) is 68.9 Å². The van der Waals surface area contributed by atoms with E-state index in [1.807, 2.05) is 37.3 Å². The number of aromatic nitrogens is 3. The Morgan fingerprint density at radius 2 is 2.00 bits per heavy atom. The molecule has 1 unspecified atom stereocenters. The molecule has 3 heterocycles. The van der Waals surface area contributed by atoms with Crippen molar-refractivity contribution in [1.82, 2.24) is 14.3 Å². The highest BCUT2D eigenvalue weighted by Gasteiger charge is 2.31. The molecule has 0 bridgehead atoms. The molecule has 1 atom stereocenters. The minimum Gasteiger partial charge on any atom is -0.311 e. The molecule has 2 aromatic heterocycles. The molecule has 0 aliphatic carbocycles. The molecule has 0 saturated carbocycles. The predicted octanol–water partition coefficient (Wildman–Crippen LogP) is 2.36. The van der Waals surface area contributed by atoms with Crippen LogP contribution in [0.3, 0.4) is 0 Å². The smallest absolute Gasteiger partial charge is 0.255 e. The average molecular weight is 354 g/mol. The number of benzene rings is 1. The highest BCUT2D eigenvalue weighted by molar-refractivity contribution is 8.00. The van der Waals surface area contributed by atoms with E-state index in [2.05, 4.69) is 10.4 Å². The van der Waals surface area contributed by atoms with Crippen molar-refractivity contribution in [1.29, 1.82) is 0 Å². The zero-order chi connectivity index (χ0) is 17.7. The summed E-state index contributed by atoms with van der Waals surface area (Å²) >= 11 is 1.47. The van der Waals surface area contributed by atoms with Crippen molar-refractivity contribution in [2.75, 3.05) is 11.1 Å². The Labute approximate surface area is 148 Å². The van der Waals surface area contributed by atoms with Crippen LogP contribution in [0.15, 0.2) is 35.1 Å². The average Bonchev–Trinajstić information content (AvgIpc) is 2.76. The molecule has 0 radical (unpaired) electrons. The van der Waals surface area contributed by atoms with E-state index in [4.69, 9.17) is 0 Å². The van der Waals surface area contributed by atoms with Gasteiger partial charge < -0.3 is 9.88 Å². The van der Waals surface area contributed by atoms with Crippen LogP contribution in [0.4, 0.5) is 5.82 Å². The van der Waals surface area contributed by atoms with Crippen LogP contribution in [0.2, 0.25) is 0 Å². The van der Waals surface area contributed by atoms with Gasteiger partial charge in [0.15, 0.2) is 0 Å². The molecule has 0 saturated heterocycles. The first-order chi connectivity index (χ1) is 12.0. The molecule has 1 amide bonds. The molecule has 1 N–H and O–H groups in total. The number of thioether (sulfide) groups is 1. The second-order valence-corrected chi connectivity index (χ2v) is 7.33. The van der Waals surface area contributed by atoms with E-state index in [9.17, 15) is 9.59 Å². The third-order valence-corrected chi connectivity index (χ3v) is 5.86. The first-order valence-electron chi connectivity index (χ1n) is 8.01. The maximum atomic E-state index is 13.0. The van der Waals surface area contributed by atoms with E-state index < -0.39 is 0 Å². The number of carbonyl (C=O) groups is 1. The fraction of sp³-hybridized carbons (Fsp3) is 0.278. The number of hydrogen-bond acceptors (Lipinski definition) is 4. The van der Waals surface area contributed by atoms with Crippen LogP contribution in [0, 0.1) is 6.92 Å². The van der Waals surface area contributed by atoms with Crippen molar-refractivity contribution in [3.8, 4) is 0 Å². The minimum atomic E-state index is -0.231. The fourth-order valence-corrected chi connectivity index (χ4v) is 4.62. The first-order valence-corrected chi connectivity index (χ1v) is 9.06. The summed E-state index contributed by atoms with van der Waals surface area (Å²) in [6.45, 7) is 1.91. The Kier molecular flexibility index (Phi) is 3.68. The molecule has 128 valence electrons. The number of hydrogen-bond donors (Lipinski definition) is 1. The van der Waals surface area contributed by atoms with Crippen molar-refractivity contribution >= 4 is 34.4 Å². The standard InChI is InChI=1S/C18H18N4O2S/c1-10-15-16(25-9-14(23)19-17(15)22(3)20-10)12-8-11-6-4-5-7-13(11)21(2)18(12)24/h4-8,16H,9H2,1-3H3,(H,19,23). The number of anilines is 1. The van der Waals surface area contributed by atoms with Crippen LogP contribution in [0.25, 0.3) is 10.9 Å². The van der Waals surface area contributed by atoms with Crippen LogP contribution < -0.4 is 10.9 Å². The quantitative estimate of drug-likeness (QED) is 0.728. The van der Waals surface area contributed by atoms with E-state index in [0.717, 1.165) is 22.2 Å². The number of aryl methyl sites for hydroxylation is 3. The lowest BCUT2D eigenvalue weighted by atomic mass is 10.0. The lowest BCUT2D eigenvalue weighted by molar-refractivity contribution is -0.113. The molecule has 6 nitrogen and oxygen atoms in total. The van der Waals surface area contributed by atoms with Gasteiger partial charge in [-0.15, -0.1) is 11.8 Å². The number of nitrogens with one attached hydrogen (secondary N) is 1. The van der Waals surface area contributed by atoms with Gasteiger partial charge in [0.2, 0.25) is 5.91 Å². The second kappa shape index (κ2) is 5.77. The van der Waals surface area contributed by atoms with Crippen molar-refractivity contribution in [2.45, 2.75) is 12.2 Å². The zero-order valence-corrected chi connectivity index (χ0v) is 15.1. The van der Waals surface area contributed by atoms with Crippen molar-refractivity contribution in [2.24, 2.45) is 14.1 Å². The van der Waals surface area contributed by atoms with Crippen LogP contribution in [-0.4, -0.2) is 26.0 Å². The molecule has 1 aromatic carbocycles. The molecule has 1 aliphatic rings. The number of carbonyl (C=O) groups excluding carboxylic acids is 1. The van der Waals surface area contributed by atoms with Gasteiger partial charge in [-0.25, -0.2) is 0 Å². The maximum Gasteiger partial charge on any atom is 0.255 e. The van der Waals surface area contributed by atoms with E-state index in [1.165, 1.54) is 11.8 Å². The van der Waals surface area contributed by atoms with Gasteiger partial charge in [0.25, 0.3) is 5.56 Å². The SMILES string of the molecule is Cc1nn(C)c2c1C(c1cc3ccccc3n(C)c1=O)SCC(=O)N2.